The maximum absolute atomic E-state index is 12.9. The molecule has 172 valence electrons. The third kappa shape index (κ3) is 4.98. The summed E-state index contributed by atoms with van der Waals surface area (Å²) in [6.07, 6.45) is 2.95. The molecule has 1 aliphatic heterocycles. The third-order valence-corrected chi connectivity index (χ3v) is 6.17. The summed E-state index contributed by atoms with van der Waals surface area (Å²) in [4.78, 5) is 37.8. The Hall–Kier alpha value is -3.60. The van der Waals surface area contributed by atoms with Gasteiger partial charge in [-0.15, -0.1) is 0 Å². The lowest BCUT2D eigenvalue weighted by atomic mass is 10.2. The molecule has 8 nitrogen and oxygen atoms in total. The number of rotatable bonds is 6. The molecule has 3 aromatic rings. The SMILES string of the molecule is COc1cc(/C=C2\SC(=S)N(NC(=O)c3ccccc3Cl)C2=O)ccc1OC(=O)c1ccco1. The number of hydrogen-bond acceptors (Lipinski definition) is 8. The van der Waals surface area contributed by atoms with Crippen LogP contribution in [-0.2, 0) is 4.79 Å². The first kappa shape index (κ1) is 23.6. The van der Waals surface area contributed by atoms with Crippen LogP contribution in [0.15, 0.2) is 70.2 Å². The van der Waals surface area contributed by atoms with Crippen LogP contribution in [0.1, 0.15) is 26.5 Å². The minimum Gasteiger partial charge on any atom is -0.493 e. The van der Waals surface area contributed by atoms with Crippen molar-refractivity contribution in [3.63, 3.8) is 0 Å². The number of nitrogens with zero attached hydrogens (tertiary/aromatic N) is 1. The summed E-state index contributed by atoms with van der Waals surface area (Å²) in [5, 5.41) is 1.25. The number of furan rings is 1. The molecule has 0 bridgehead atoms. The van der Waals surface area contributed by atoms with Crippen molar-refractivity contribution >= 4 is 63.8 Å². The normalized spacial score (nSPS) is 14.4. The van der Waals surface area contributed by atoms with E-state index in [9.17, 15) is 14.4 Å². The zero-order chi connectivity index (χ0) is 24.2. The molecule has 0 saturated carbocycles. The molecular weight excluding hydrogens is 500 g/mol. The van der Waals surface area contributed by atoms with Gasteiger partial charge in [-0.25, -0.2) is 4.79 Å². The number of ether oxygens (including phenoxy) is 2. The van der Waals surface area contributed by atoms with E-state index in [0.29, 0.717) is 5.56 Å². The highest BCUT2D eigenvalue weighted by molar-refractivity contribution is 8.26. The van der Waals surface area contributed by atoms with E-state index in [-0.39, 0.29) is 37.1 Å². The molecule has 0 radical (unpaired) electrons. The van der Waals surface area contributed by atoms with E-state index in [1.807, 2.05) is 0 Å². The number of nitrogens with one attached hydrogen (secondary N) is 1. The first-order valence-corrected chi connectivity index (χ1v) is 11.2. The van der Waals surface area contributed by atoms with Crippen molar-refractivity contribution in [2.45, 2.75) is 0 Å². The number of carbonyl (C=O) groups is 3. The summed E-state index contributed by atoms with van der Waals surface area (Å²) in [6, 6.07) is 14.3. The predicted octanol–water partition coefficient (Wildman–Crippen LogP) is 4.71. The number of hydrazine groups is 1. The molecule has 11 heteroatoms. The molecule has 34 heavy (non-hydrogen) atoms. The maximum Gasteiger partial charge on any atom is 0.379 e. The molecule has 2 amide bonds. The van der Waals surface area contributed by atoms with Crippen LogP contribution >= 0.6 is 35.6 Å². The molecular formula is C23H15ClN2O6S2. The molecule has 4 rings (SSSR count). The van der Waals surface area contributed by atoms with Crippen LogP contribution in [0, 0.1) is 0 Å². The van der Waals surface area contributed by atoms with Gasteiger partial charge in [0.15, 0.2) is 15.8 Å². The number of benzene rings is 2. The molecule has 0 unspecified atom stereocenters. The van der Waals surface area contributed by atoms with Gasteiger partial charge in [-0.2, -0.15) is 5.01 Å². The van der Waals surface area contributed by atoms with Crippen LogP contribution in [-0.4, -0.2) is 34.2 Å². The van der Waals surface area contributed by atoms with Gasteiger partial charge in [0.25, 0.3) is 11.8 Å². The smallest absolute Gasteiger partial charge is 0.379 e. The molecule has 1 aromatic heterocycles. The zero-order valence-corrected chi connectivity index (χ0v) is 19.8. The van der Waals surface area contributed by atoms with Gasteiger partial charge >= 0.3 is 5.97 Å². The van der Waals surface area contributed by atoms with Gasteiger partial charge in [0.2, 0.25) is 5.76 Å². The lowest BCUT2D eigenvalue weighted by molar-refractivity contribution is -0.123. The van der Waals surface area contributed by atoms with E-state index in [0.717, 1.165) is 16.8 Å². The van der Waals surface area contributed by atoms with E-state index < -0.39 is 17.8 Å². The second-order valence-corrected chi connectivity index (χ2v) is 8.80. The van der Waals surface area contributed by atoms with Crippen LogP contribution in [0.3, 0.4) is 0 Å². The molecule has 0 atom stereocenters. The molecule has 2 aromatic carbocycles. The van der Waals surface area contributed by atoms with E-state index in [1.165, 1.54) is 31.6 Å². The Labute approximate surface area is 208 Å². The molecule has 0 spiro atoms. The first-order chi connectivity index (χ1) is 16.4. The zero-order valence-electron chi connectivity index (χ0n) is 17.4. The third-order valence-electron chi connectivity index (χ3n) is 4.54. The van der Waals surface area contributed by atoms with Crippen LogP contribution < -0.4 is 14.9 Å². The van der Waals surface area contributed by atoms with Crippen LogP contribution in [0.5, 0.6) is 11.5 Å². The molecule has 1 saturated heterocycles. The first-order valence-electron chi connectivity index (χ1n) is 9.64. The largest absolute Gasteiger partial charge is 0.493 e. The Balaban J connectivity index is 1.51. The van der Waals surface area contributed by atoms with Gasteiger partial charge < -0.3 is 13.9 Å². The van der Waals surface area contributed by atoms with Crippen molar-refractivity contribution in [2.24, 2.45) is 0 Å². The van der Waals surface area contributed by atoms with Crippen molar-refractivity contribution < 1.29 is 28.3 Å². The number of carbonyl (C=O) groups excluding carboxylic acids is 3. The molecule has 1 N–H and O–H groups in total. The minimum atomic E-state index is -0.675. The molecule has 1 fully saturated rings. The lowest BCUT2D eigenvalue weighted by Crippen LogP contribution is -2.44. The second kappa shape index (κ2) is 10.1. The van der Waals surface area contributed by atoms with Gasteiger partial charge in [-0.1, -0.05) is 41.6 Å². The van der Waals surface area contributed by atoms with Gasteiger partial charge in [-0.3, -0.25) is 15.0 Å². The van der Waals surface area contributed by atoms with Gasteiger partial charge in [0, 0.05) is 0 Å². The Bertz CT molecular complexity index is 1320. The van der Waals surface area contributed by atoms with Crippen LogP contribution in [0.25, 0.3) is 6.08 Å². The number of halogens is 1. The van der Waals surface area contributed by atoms with Crippen molar-refractivity contribution in [2.75, 3.05) is 7.11 Å². The van der Waals surface area contributed by atoms with E-state index in [4.69, 9.17) is 37.7 Å². The Morgan fingerprint density at radius 2 is 1.94 bits per heavy atom. The summed E-state index contributed by atoms with van der Waals surface area (Å²) in [6.45, 7) is 0. The maximum atomic E-state index is 12.9. The number of thioether (sulfide) groups is 1. The summed E-state index contributed by atoms with van der Waals surface area (Å²) in [5.74, 6) is -1.23. The van der Waals surface area contributed by atoms with E-state index in [2.05, 4.69) is 5.43 Å². The fraction of sp³-hybridized carbons (Fsp3) is 0.0435. The summed E-state index contributed by atoms with van der Waals surface area (Å²) >= 11 is 12.3. The highest BCUT2D eigenvalue weighted by atomic mass is 35.5. The van der Waals surface area contributed by atoms with Crippen molar-refractivity contribution in [3.8, 4) is 11.5 Å². The fourth-order valence-corrected chi connectivity index (χ4v) is 4.33. The monoisotopic (exact) mass is 514 g/mol. The average molecular weight is 515 g/mol. The van der Waals surface area contributed by atoms with E-state index in [1.54, 1.807) is 42.5 Å². The lowest BCUT2D eigenvalue weighted by Gasteiger charge is -2.16. The standard InChI is InChI=1S/C23H15ClN2O6S2/c1-30-18-11-13(8-9-16(18)32-22(29)17-7-4-10-31-17)12-19-21(28)26(23(33)34-19)25-20(27)14-5-2-3-6-15(14)24/h2-12H,1H3,(H,25,27)/b19-12-. The number of methoxy groups -OCH3 is 1. The Morgan fingerprint density at radius 3 is 2.65 bits per heavy atom. The highest BCUT2D eigenvalue weighted by Crippen LogP contribution is 2.34. The van der Waals surface area contributed by atoms with Crippen molar-refractivity contribution in [1.82, 2.24) is 10.4 Å². The number of hydrogen-bond donors (Lipinski definition) is 1. The fourth-order valence-electron chi connectivity index (χ4n) is 2.93. The number of thiocarbonyl (C=S) groups is 1. The van der Waals surface area contributed by atoms with Crippen molar-refractivity contribution in [1.29, 1.82) is 0 Å². The molecule has 1 aliphatic rings. The Kier molecular flexibility index (Phi) is 7.01. The Morgan fingerprint density at radius 1 is 1.15 bits per heavy atom. The molecule has 0 aliphatic carbocycles. The highest BCUT2D eigenvalue weighted by Gasteiger charge is 2.34. The van der Waals surface area contributed by atoms with E-state index >= 15 is 0 Å². The summed E-state index contributed by atoms with van der Waals surface area (Å²) < 4.78 is 15.8. The predicted molar refractivity (Wildman–Crippen MR) is 131 cm³/mol. The summed E-state index contributed by atoms with van der Waals surface area (Å²) in [5.41, 5.74) is 3.29. The number of amides is 2. The molecule has 2 heterocycles. The topological polar surface area (TPSA) is 98.1 Å². The number of esters is 1. The quantitative estimate of drug-likeness (QED) is 0.219. The van der Waals surface area contributed by atoms with Gasteiger partial charge in [-0.05, 0) is 60.3 Å². The minimum absolute atomic E-state index is 0.0497. The van der Waals surface area contributed by atoms with Gasteiger partial charge in [0.05, 0.1) is 28.9 Å². The second-order valence-electron chi connectivity index (χ2n) is 6.72. The van der Waals surface area contributed by atoms with Crippen LogP contribution in [0.2, 0.25) is 5.02 Å². The summed E-state index contributed by atoms with van der Waals surface area (Å²) in [7, 11) is 1.42. The average Bonchev–Trinajstić information content (AvgIpc) is 3.45. The van der Waals surface area contributed by atoms with Crippen LogP contribution in [0.4, 0.5) is 0 Å². The van der Waals surface area contributed by atoms with Gasteiger partial charge in [0.1, 0.15) is 0 Å². The van der Waals surface area contributed by atoms with Crippen molar-refractivity contribution in [3.05, 3.63) is 87.7 Å².